The van der Waals surface area contributed by atoms with Gasteiger partial charge in [0.05, 0.1) is 5.56 Å². The fourth-order valence-corrected chi connectivity index (χ4v) is 2.88. The van der Waals surface area contributed by atoms with Crippen molar-refractivity contribution in [3.8, 4) is 0 Å². The van der Waals surface area contributed by atoms with Crippen molar-refractivity contribution in [3.63, 3.8) is 0 Å². The van der Waals surface area contributed by atoms with E-state index in [-0.39, 0.29) is 5.91 Å². The van der Waals surface area contributed by atoms with Crippen LogP contribution in [0, 0.1) is 7.14 Å². The number of anilines is 1. The zero-order valence-corrected chi connectivity index (χ0v) is 14.2. The van der Waals surface area contributed by atoms with E-state index in [1.165, 1.54) is 0 Å². The van der Waals surface area contributed by atoms with Crippen LogP contribution in [0.2, 0.25) is 5.02 Å². The average Bonchev–Trinajstić information content (AvgIpc) is 2.32. The molecule has 0 radical (unpaired) electrons. The van der Waals surface area contributed by atoms with E-state index in [1.54, 1.807) is 18.2 Å². The molecule has 5 heteroatoms. The first-order chi connectivity index (χ1) is 8.56. The second-order valence-electron chi connectivity index (χ2n) is 3.59. The van der Waals surface area contributed by atoms with Crippen molar-refractivity contribution in [2.75, 3.05) is 5.32 Å². The molecule has 2 aromatic rings. The standard InChI is InChI=1S/C13H8ClI2NO/c14-8-1-6-11(12(16)7-8)13(18)17-10-4-2-9(15)3-5-10/h1-7H,(H,17,18). The van der Waals surface area contributed by atoms with Gasteiger partial charge in [0.25, 0.3) is 5.91 Å². The summed E-state index contributed by atoms with van der Waals surface area (Å²) in [6.45, 7) is 0. The van der Waals surface area contributed by atoms with E-state index < -0.39 is 0 Å². The summed E-state index contributed by atoms with van der Waals surface area (Å²) in [5, 5.41) is 3.49. The molecule has 0 heterocycles. The van der Waals surface area contributed by atoms with Gasteiger partial charge in [0, 0.05) is 17.9 Å². The summed E-state index contributed by atoms with van der Waals surface area (Å²) in [5.41, 5.74) is 1.41. The van der Waals surface area contributed by atoms with Gasteiger partial charge in [0.15, 0.2) is 0 Å². The summed E-state index contributed by atoms with van der Waals surface area (Å²) in [6.07, 6.45) is 0. The summed E-state index contributed by atoms with van der Waals surface area (Å²) in [4.78, 5) is 12.1. The molecule has 1 N–H and O–H groups in total. The summed E-state index contributed by atoms with van der Waals surface area (Å²) in [6, 6.07) is 12.9. The maximum atomic E-state index is 12.1. The molecule has 2 nitrogen and oxygen atoms in total. The van der Waals surface area contributed by atoms with E-state index >= 15 is 0 Å². The number of nitrogens with one attached hydrogen (secondary N) is 1. The quantitative estimate of drug-likeness (QED) is 0.611. The average molecular weight is 483 g/mol. The Morgan fingerprint density at radius 3 is 2.33 bits per heavy atom. The largest absolute Gasteiger partial charge is 0.322 e. The molecule has 0 unspecified atom stereocenters. The molecule has 0 aliphatic carbocycles. The minimum atomic E-state index is -0.128. The first-order valence-electron chi connectivity index (χ1n) is 5.08. The van der Waals surface area contributed by atoms with E-state index in [1.807, 2.05) is 24.3 Å². The Kier molecular flexibility index (Phi) is 4.85. The zero-order valence-electron chi connectivity index (χ0n) is 9.08. The van der Waals surface area contributed by atoms with E-state index in [0.717, 1.165) is 12.8 Å². The van der Waals surface area contributed by atoms with E-state index in [2.05, 4.69) is 50.5 Å². The number of carbonyl (C=O) groups excluding carboxylic acids is 1. The molecule has 2 rings (SSSR count). The number of amides is 1. The maximum absolute atomic E-state index is 12.1. The predicted octanol–water partition coefficient (Wildman–Crippen LogP) is 4.80. The number of halogens is 3. The highest BCUT2D eigenvalue weighted by Gasteiger charge is 2.10. The fraction of sp³-hybridized carbons (Fsp3) is 0. The molecule has 2 aromatic carbocycles. The molecular weight excluding hydrogens is 475 g/mol. The van der Waals surface area contributed by atoms with Crippen LogP contribution < -0.4 is 5.32 Å². The Bertz CT molecular complexity index is 584. The lowest BCUT2D eigenvalue weighted by Crippen LogP contribution is -2.13. The molecule has 0 fully saturated rings. The van der Waals surface area contributed by atoms with Crippen molar-refractivity contribution >= 4 is 68.4 Å². The van der Waals surface area contributed by atoms with Crippen molar-refractivity contribution in [1.29, 1.82) is 0 Å². The van der Waals surface area contributed by atoms with Crippen LogP contribution in [0.3, 0.4) is 0 Å². The van der Waals surface area contributed by atoms with Gasteiger partial charge in [-0.3, -0.25) is 4.79 Å². The lowest BCUT2D eigenvalue weighted by molar-refractivity contribution is 0.102. The molecule has 0 saturated carbocycles. The van der Waals surface area contributed by atoms with Crippen LogP contribution in [0.4, 0.5) is 5.69 Å². The van der Waals surface area contributed by atoms with Crippen LogP contribution in [0.25, 0.3) is 0 Å². The zero-order chi connectivity index (χ0) is 13.1. The van der Waals surface area contributed by atoms with Crippen molar-refractivity contribution < 1.29 is 4.79 Å². The molecule has 0 aromatic heterocycles. The fourth-order valence-electron chi connectivity index (χ4n) is 1.41. The Balaban J connectivity index is 2.19. The highest BCUT2D eigenvalue weighted by Crippen LogP contribution is 2.19. The van der Waals surface area contributed by atoms with Crippen LogP contribution in [-0.2, 0) is 0 Å². The summed E-state index contributed by atoms with van der Waals surface area (Å²) < 4.78 is 1.97. The van der Waals surface area contributed by atoms with Gasteiger partial charge in [-0.25, -0.2) is 0 Å². The van der Waals surface area contributed by atoms with Crippen LogP contribution >= 0.6 is 56.8 Å². The first kappa shape index (κ1) is 14.1. The topological polar surface area (TPSA) is 29.1 Å². The van der Waals surface area contributed by atoms with E-state index in [0.29, 0.717) is 10.6 Å². The Morgan fingerprint density at radius 2 is 1.72 bits per heavy atom. The second kappa shape index (κ2) is 6.21. The van der Waals surface area contributed by atoms with Gasteiger partial charge in [-0.2, -0.15) is 0 Å². The van der Waals surface area contributed by atoms with Crippen molar-refractivity contribution in [1.82, 2.24) is 0 Å². The molecular formula is C13H8ClI2NO. The SMILES string of the molecule is O=C(Nc1ccc(I)cc1)c1ccc(Cl)cc1I. The van der Waals surface area contributed by atoms with Crippen LogP contribution in [-0.4, -0.2) is 5.91 Å². The molecule has 0 spiro atoms. The molecule has 92 valence electrons. The van der Waals surface area contributed by atoms with Gasteiger partial charge in [-0.15, -0.1) is 0 Å². The van der Waals surface area contributed by atoms with Crippen LogP contribution in [0.1, 0.15) is 10.4 Å². The highest BCUT2D eigenvalue weighted by molar-refractivity contribution is 14.1. The van der Waals surface area contributed by atoms with Crippen molar-refractivity contribution in [2.45, 2.75) is 0 Å². The Hall–Kier alpha value is -0.340. The first-order valence-corrected chi connectivity index (χ1v) is 7.62. The van der Waals surface area contributed by atoms with Gasteiger partial charge in [-0.1, -0.05) is 11.6 Å². The van der Waals surface area contributed by atoms with Gasteiger partial charge in [0.1, 0.15) is 0 Å². The maximum Gasteiger partial charge on any atom is 0.256 e. The third kappa shape index (κ3) is 3.58. The molecule has 0 bridgehead atoms. The van der Waals surface area contributed by atoms with Gasteiger partial charge >= 0.3 is 0 Å². The predicted molar refractivity (Wildman–Crippen MR) is 91.3 cm³/mol. The third-order valence-corrected chi connectivity index (χ3v) is 4.12. The van der Waals surface area contributed by atoms with Crippen LogP contribution in [0.5, 0.6) is 0 Å². The van der Waals surface area contributed by atoms with Gasteiger partial charge in [-0.05, 0) is 87.6 Å². The van der Waals surface area contributed by atoms with E-state index in [9.17, 15) is 4.79 Å². The van der Waals surface area contributed by atoms with Crippen molar-refractivity contribution in [3.05, 3.63) is 60.2 Å². The molecule has 0 atom stereocenters. The number of carbonyl (C=O) groups is 1. The molecule has 0 aliphatic heterocycles. The monoisotopic (exact) mass is 483 g/mol. The number of hydrogen-bond acceptors (Lipinski definition) is 1. The number of benzene rings is 2. The van der Waals surface area contributed by atoms with Crippen LogP contribution in [0.15, 0.2) is 42.5 Å². The number of rotatable bonds is 2. The van der Waals surface area contributed by atoms with Crippen molar-refractivity contribution in [2.24, 2.45) is 0 Å². The normalized spacial score (nSPS) is 10.2. The Morgan fingerprint density at radius 1 is 1.06 bits per heavy atom. The molecule has 18 heavy (non-hydrogen) atoms. The summed E-state index contributed by atoms with van der Waals surface area (Å²) in [5.74, 6) is -0.128. The summed E-state index contributed by atoms with van der Waals surface area (Å²) >= 11 is 10.2. The molecule has 0 aliphatic rings. The lowest BCUT2D eigenvalue weighted by atomic mass is 10.2. The number of hydrogen-bond donors (Lipinski definition) is 1. The minimum Gasteiger partial charge on any atom is -0.322 e. The second-order valence-corrected chi connectivity index (χ2v) is 6.43. The van der Waals surface area contributed by atoms with E-state index in [4.69, 9.17) is 11.6 Å². The molecule has 0 saturated heterocycles. The smallest absolute Gasteiger partial charge is 0.256 e. The summed E-state index contributed by atoms with van der Waals surface area (Å²) in [7, 11) is 0. The highest BCUT2D eigenvalue weighted by atomic mass is 127. The third-order valence-electron chi connectivity index (χ3n) is 2.28. The minimum absolute atomic E-state index is 0.128. The van der Waals surface area contributed by atoms with Gasteiger partial charge in [0.2, 0.25) is 0 Å². The van der Waals surface area contributed by atoms with Gasteiger partial charge < -0.3 is 5.32 Å². The lowest BCUT2D eigenvalue weighted by Gasteiger charge is -2.07. The molecule has 1 amide bonds. The Labute approximate surface area is 137 Å².